The number of carbonyl (C=O) groups is 4. The van der Waals surface area contributed by atoms with E-state index in [2.05, 4.69) is 19.9 Å². The molecule has 2 aromatic rings. The molecule has 10 nitrogen and oxygen atoms in total. The monoisotopic (exact) mass is 267 g/mol. The van der Waals surface area contributed by atoms with Crippen LogP contribution in [0.2, 0.25) is 0 Å². The van der Waals surface area contributed by atoms with Crippen LogP contribution in [-0.4, -0.2) is 45.1 Å². The van der Waals surface area contributed by atoms with Crippen molar-refractivity contribution in [1.29, 1.82) is 0 Å². The quantitative estimate of drug-likeness (QED) is 0.414. The maximum absolute atomic E-state index is 11.0. The lowest BCUT2D eigenvalue weighted by molar-refractivity contribution is -0.122. The van der Waals surface area contributed by atoms with Crippen LogP contribution >= 0.6 is 0 Å². The molecule has 0 saturated heterocycles. The van der Waals surface area contributed by atoms with Crippen molar-refractivity contribution in [1.82, 2.24) is 19.9 Å². The lowest BCUT2D eigenvalue weighted by atomic mass is 10.5. The summed E-state index contributed by atoms with van der Waals surface area (Å²) in [5.74, 6) is 0.0783. The van der Waals surface area contributed by atoms with Crippen molar-refractivity contribution < 1.29 is 19.2 Å². The van der Waals surface area contributed by atoms with E-state index < -0.39 is 0 Å². The van der Waals surface area contributed by atoms with Crippen molar-refractivity contribution in [2.24, 2.45) is 0 Å². The Morgan fingerprint density at radius 2 is 1.58 bits per heavy atom. The zero-order valence-corrected chi connectivity index (χ0v) is 9.40. The van der Waals surface area contributed by atoms with Gasteiger partial charge < -0.3 is 10.7 Å². The van der Waals surface area contributed by atoms with Gasteiger partial charge in [0.25, 0.3) is 5.56 Å². The van der Waals surface area contributed by atoms with Crippen LogP contribution < -0.4 is 11.3 Å². The molecule has 0 unspecified atom stereocenters. The molecule has 2 rings (SSSR count). The van der Waals surface area contributed by atoms with E-state index in [4.69, 9.17) is 24.9 Å². The first-order valence-electron chi connectivity index (χ1n) is 4.57. The molecule has 10 heteroatoms. The Kier molecular flexibility index (Phi) is 7.43. The summed E-state index contributed by atoms with van der Waals surface area (Å²) in [6.45, 7) is 0. The van der Waals surface area contributed by atoms with E-state index in [1.807, 2.05) is 0 Å². The average molecular weight is 267 g/mol. The van der Waals surface area contributed by atoms with Gasteiger partial charge in [-0.25, -0.2) is 4.98 Å². The fraction of sp³-hybridized carbons (Fsp3) is 0. The van der Waals surface area contributed by atoms with Gasteiger partial charge in [0.2, 0.25) is 5.95 Å². The van der Waals surface area contributed by atoms with Gasteiger partial charge in [-0.05, 0) is 0 Å². The number of aromatic nitrogens is 4. The molecule has 0 aliphatic heterocycles. The largest absolute Gasteiger partial charge is 0.369 e. The highest BCUT2D eigenvalue weighted by Crippen LogP contribution is 1.98. The van der Waals surface area contributed by atoms with E-state index in [0.717, 1.165) is 0 Å². The van der Waals surface area contributed by atoms with Crippen LogP contribution in [0.5, 0.6) is 0 Å². The number of aromatic amines is 2. The minimum absolute atomic E-state index is 0.0783. The van der Waals surface area contributed by atoms with E-state index in [9.17, 15) is 4.79 Å². The van der Waals surface area contributed by atoms with Crippen LogP contribution in [0.3, 0.4) is 0 Å². The van der Waals surface area contributed by atoms with Gasteiger partial charge in [0.05, 0.1) is 6.33 Å². The summed E-state index contributed by atoms with van der Waals surface area (Å²) in [5, 5.41) is 0. The minimum Gasteiger partial charge on any atom is -0.369 e. The molecule has 0 bridgehead atoms. The summed E-state index contributed by atoms with van der Waals surface area (Å²) in [4.78, 5) is 58.8. The molecule has 0 amide bonds. The first kappa shape index (κ1) is 15.8. The molecule has 0 fully saturated rings. The standard InChI is InChI=1S/C5H5N5O.2C2H2O2/c6-5-9-3-2(4(11)10-5)7-1-8-3;2*3-1-2-4/h1H,(H4,6,7,8,9,10,11);2*1-2H. The topological polar surface area (TPSA) is 169 Å². The van der Waals surface area contributed by atoms with Gasteiger partial charge >= 0.3 is 0 Å². The van der Waals surface area contributed by atoms with Crippen LogP contribution in [0, 0.1) is 0 Å². The summed E-state index contributed by atoms with van der Waals surface area (Å²) >= 11 is 0. The molecular weight excluding hydrogens is 258 g/mol. The number of hydrogen-bond acceptors (Lipinski definition) is 8. The minimum atomic E-state index is -0.301. The van der Waals surface area contributed by atoms with E-state index in [0.29, 0.717) is 11.2 Å². The zero-order chi connectivity index (χ0) is 14.7. The van der Waals surface area contributed by atoms with E-state index >= 15 is 0 Å². The number of nitrogen functional groups attached to an aromatic ring is 1. The van der Waals surface area contributed by atoms with Gasteiger partial charge in [-0.1, -0.05) is 0 Å². The first-order valence-corrected chi connectivity index (χ1v) is 4.57. The van der Waals surface area contributed by atoms with Crippen molar-refractivity contribution in [2.75, 3.05) is 5.73 Å². The van der Waals surface area contributed by atoms with Crippen molar-refractivity contribution in [2.45, 2.75) is 0 Å². The number of nitrogens with two attached hydrogens (primary N) is 1. The summed E-state index contributed by atoms with van der Waals surface area (Å²) in [6.07, 6.45) is 2.17. The van der Waals surface area contributed by atoms with Gasteiger partial charge in [0.1, 0.15) is 0 Å². The molecule has 0 atom stereocenters. The normalized spacial score (nSPS) is 8.21. The third kappa shape index (κ3) is 5.63. The Morgan fingerprint density at radius 3 is 2.05 bits per heavy atom. The number of aldehydes is 4. The van der Waals surface area contributed by atoms with Crippen LogP contribution in [0.15, 0.2) is 11.1 Å². The average Bonchev–Trinajstić information content (AvgIpc) is 2.87. The zero-order valence-electron chi connectivity index (χ0n) is 9.40. The fourth-order valence-corrected chi connectivity index (χ4v) is 0.860. The highest BCUT2D eigenvalue weighted by atomic mass is 16.2. The second kappa shape index (κ2) is 8.92. The van der Waals surface area contributed by atoms with E-state index in [1.54, 1.807) is 0 Å². The van der Waals surface area contributed by atoms with Crippen molar-refractivity contribution in [3.63, 3.8) is 0 Å². The number of nitrogens with one attached hydrogen (secondary N) is 2. The molecule has 0 radical (unpaired) electrons. The number of fused-ring (bicyclic) bond motifs is 1. The van der Waals surface area contributed by atoms with Crippen molar-refractivity contribution in [3.05, 3.63) is 16.7 Å². The summed E-state index contributed by atoms with van der Waals surface area (Å²) in [7, 11) is 0. The number of anilines is 1. The number of hydrogen-bond donors (Lipinski definition) is 3. The van der Waals surface area contributed by atoms with Gasteiger partial charge in [0, 0.05) is 0 Å². The first-order chi connectivity index (χ1) is 9.10. The highest BCUT2D eigenvalue weighted by molar-refractivity contribution is 6.09. The molecule has 100 valence electrons. The lowest BCUT2D eigenvalue weighted by Gasteiger charge is -1.89. The number of rotatable bonds is 2. The smallest absolute Gasteiger partial charge is 0.278 e. The van der Waals surface area contributed by atoms with Crippen LogP contribution in [0.4, 0.5) is 5.95 Å². The Balaban J connectivity index is 0.000000342. The van der Waals surface area contributed by atoms with Gasteiger partial charge in [-0.3, -0.25) is 29.0 Å². The van der Waals surface area contributed by atoms with Gasteiger partial charge in [0.15, 0.2) is 36.3 Å². The summed E-state index contributed by atoms with van der Waals surface area (Å²) in [5.41, 5.74) is 5.65. The number of H-pyrrole nitrogens is 2. The number of imidazole rings is 1. The molecule has 0 spiro atoms. The molecule has 4 N–H and O–H groups in total. The second-order valence-electron chi connectivity index (χ2n) is 2.60. The molecule has 19 heavy (non-hydrogen) atoms. The lowest BCUT2D eigenvalue weighted by Crippen LogP contribution is -2.10. The molecule has 2 aromatic heterocycles. The van der Waals surface area contributed by atoms with Crippen LogP contribution in [0.25, 0.3) is 11.2 Å². The maximum atomic E-state index is 11.0. The van der Waals surface area contributed by atoms with Crippen molar-refractivity contribution in [3.8, 4) is 0 Å². The SMILES string of the molecule is Nc1nc2nc[nH]c2c(=O)[nH]1.O=CC=O.O=CC=O. The predicted molar refractivity (Wildman–Crippen MR) is 63.2 cm³/mol. The van der Waals surface area contributed by atoms with E-state index in [-0.39, 0.29) is 36.7 Å². The number of carbonyl (C=O) groups excluding carboxylic acids is 4. The third-order valence-electron chi connectivity index (χ3n) is 1.43. The van der Waals surface area contributed by atoms with Crippen molar-refractivity contribution >= 4 is 42.3 Å². The maximum Gasteiger partial charge on any atom is 0.278 e. The summed E-state index contributed by atoms with van der Waals surface area (Å²) < 4.78 is 0. The predicted octanol–water partition coefficient (Wildman–Crippen LogP) is -2.00. The van der Waals surface area contributed by atoms with Gasteiger partial charge in [-0.2, -0.15) is 4.98 Å². The Morgan fingerprint density at radius 1 is 1.05 bits per heavy atom. The third-order valence-corrected chi connectivity index (χ3v) is 1.43. The van der Waals surface area contributed by atoms with Gasteiger partial charge in [-0.15, -0.1) is 0 Å². The molecule has 2 heterocycles. The molecular formula is C9H9N5O5. The Labute approximate surface area is 105 Å². The summed E-state index contributed by atoms with van der Waals surface area (Å²) in [6, 6.07) is 0. The molecule has 0 saturated carbocycles. The second-order valence-corrected chi connectivity index (χ2v) is 2.60. The Bertz CT molecular complexity index is 593. The molecule has 0 aromatic carbocycles. The number of nitrogens with zero attached hydrogens (tertiary/aromatic N) is 2. The van der Waals surface area contributed by atoms with E-state index in [1.165, 1.54) is 6.33 Å². The Hall–Kier alpha value is -3.17. The highest BCUT2D eigenvalue weighted by Gasteiger charge is 2.01. The molecule has 0 aliphatic carbocycles. The van der Waals surface area contributed by atoms with Crippen LogP contribution in [-0.2, 0) is 19.2 Å². The van der Waals surface area contributed by atoms with Crippen LogP contribution in [0.1, 0.15) is 0 Å². The molecule has 0 aliphatic rings. The fourth-order valence-electron chi connectivity index (χ4n) is 0.860.